The fourth-order valence-electron chi connectivity index (χ4n) is 2.19. The molecular weight excluding hydrogens is 242 g/mol. The Morgan fingerprint density at radius 1 is 1.37 bits per heavy atom. The number of benzene rings is 1. The molecule has 1 fully saturated rings. The van der Waals surface area contributed by atoms with E-state index >= 15 is 0 Å². The standard InChI is InChI=1S/C15H23NO3/c17-14(12-19-15-6-2-1-3-7-15)10-16-9-13-5-4-8-18-11-13/h1-3,6-7,13-14,16-17H,4-5,8-12H2. The second kappa shape index (κ2) is 8.15. The van der Waals surface area contributed by atoms with Crippen LogP contribution in [0.4, 0.5) is 0 Å². The van der Waals surface area contributed by atoms with Crippen LogP contribution in [0.2, 0.25) is 0 Å². The van der Waals surface area contributed by atoms with Crippen LogP contribution in [0, 0.1) is 5.92 Å². The average Bonchev–Trinajstić information content (AvgIpc) is 2.47. The largest absolute Gasteiger partial charge is 0.491 e. The summed E-state index contributed by atoms with van der Waals surface area (Å²) in [4.78, 5) is 0. The van der Waals surface area contributed by atoms with Gasteiger partial charge in [0.15, 0.2) is 0 Å². The smallest absolute Gasteiger partial charge is 0.119 e. The quantitative estimate of drug-likeness (QED) is 0.783. The molecule has 2 rings (SSSR count). The van der Waals surface area contributed by atoms with E-state index in [1.807, 2.05) is 30.3 Å². The van der Waals surface area contributed by atoms with Crippen LogP contribution in [-0.4, -0.2) is 44.1 Å². The third-order valence-electron chi connectivity index (χ3n) is 3.25. The van der Waals surface area contributed by atoms with Gasteiger partial charge >= 0.3 is 0 Å². The van der Waals surface area contributed by atoms with Gasteiger partial charge in [-0.15, -0.1) is 0 Å². The van der Waals surface area contributed by atoms with Gasteiger partial charge in [-0.05, 0) is 30.9 Å². The highest BCUT2D eigenvalue weighted by Crippen LogP contribution is 2.12. The summed E-state index contributed by atoms with van der Waals surface area (Å²) >= 11 is 0. The molecule has 0 aromatic heterocycles. The van der Waals surface area contributed by atoms with Crippen LogP contribution in [0.25, 0.3) is 0 Å². The lowest BCUT2D eigenvalue weighted by molar-refractivity contribution is 0.0516. The van der Waals surface area contributed by atoms with Gasteiger partial charge < -0.3 is 19.9 Å². The van der Waals surface area contributed by atoms with Crippen molar-refractivity contribution in [1.29, 1.82) is 0 Å². The predicted octanol–water partition coefficient (Wildman–Crippen LogP) is 1.44. The number of ether oxygens (including phenoxy) is 2. The van der Waals surface area contributed by atoms with Crippen molar-refractivity contribution >= 4 is 0 Å². The van der Waals surface area contributed by atoms with Crippen LogP contribution in [0.5, 0.6) is 5.75 Å². The fourth-order valence-corrected chi connectivity index (χ4v) is 2.19. The first-order valence-electron chi connectivity index (χ1n) is 6.99. The fraction of sp³-hybridized carbons (Fsp3) is 0.600. The second-order valence-electron chi connectivity index (χ2n) is 5.02. The van der Waals surface area contributed by atoms with Crippen LogP contribution in [0.15, 0.2) is 30.3 Å². The molecule has 4 nitrogen and oxygen atoms in total. The molecule has 0 saturated carbocycles. The minimum absolute atomic E-state index is 0.318. The summed E-state index contributed by atoms with van der Waals surface area (Å²) in [5.41, 5.74) is 0. The van der Waals surface area contributed by atoms with Crippen molar-refractivity contribution in [3.63, 3.8) is 0 Å². The zero-order chi connectivity index (χ0) is 13.3. The van der Waals surface area contributed by atoms with Crippen LogP contribution in [-0.2, 0) is 4.74 Å². The molecule has 2 unspecified atom stereocenters. The molecule has 106 valence electrons. The highest BCUT2D eigenvalue weighted by atomic mass is 16.5. The number of aliphatic hydroxyl groups is 1. The van der Waals surface area contributed by atoms with Gasteiger partial charge in [0.1, 0.15) is 18.5 Å². The van der Waals surface area contributed by atoms with Gasteiger partial charge in [0, 0.05) is 19.7 Å². The number of aliphatic hydroxyl groups excluding tert-OH is 1. The first-order valence-corrected chi connectivity index (χ1v) is 6.99. The Morgan fingerprint density at radius 3 is 2.95 bits per heavy atom. The molecule has 0 amide bonds. The molecule has 1 aromatic carbocycles. The summed E-state index contributed by atoms with van der Waals surface area (Å²) in [7, 11) is 0. The summed E-state index contributed by atoms with van der Waals surface area (Å²) in [6, 6.07) is 9.56. The van der Waals surface area contributed by atoms with Crippen LogP contribution < -0.4 is 10.1 Å². The zero-order valence-electron chi connectivity index (χ0n) is 11.3. The molecule has 1 heterocycles. The van der Waals surface area contributed by atoms with Gasteiger partial charge in [0.25, 0.3) is 0 Å². The molecule has 0 bridgehead atoms. The topological polar surface area (TPSA) is 50.7 Å². The normalized spacial score (nSPS) is 21.0. The van der Waals surface area contributed by atoms with E-state index < -0.39 is 6.10 Å². The molecule has 1 aliphatic rings. The maximum Gasteiger partial charge on any atom is 0.119 e. The van der Waals surface area contributed by atoms with Crippen molar-refractivity contribution < 1.29 is 14.6 Å². The Hall–Kier alpha value is -1.10. The van der Waals surface area contributed by atoms with Crippen LogP contribution >= 0.6 is 0 Å². The molecule has 1 aliphatic heterocycles. The van der Waals surface area contributed by atoms with E-state index in [4.69, 9.17) is 9.47 Å². The maximum absolute atomic E-state index is 9.82. The van der Waals surface area contributed by atoms with Gasteiger partial charge in [-0.1, -0.05) is 18.2 Å². The molecule has 1 aromatic rings. The first kappa shape index (κ1) is 14.3. The monoisotopic (exact) mass is 265 g/mol. The third kappa shape index (κ3) is 5.59. The lowest BCUT2D eigenvalue weighted by Gasteiger charge is -2.23. The van der Waals surface area contributed by atoms with Crippen molar-refractivity contribution in [2.24, 2.45) is 5.92 Å². The third-order valence-corrected chi connectivity index (χ3v) is 3.25. The molecule has 0 radical (unpaired) electrons. The highest BCUT2D eigenvalue weighted by molar-refractivity contribution is 5.20. The number of rotatable bonds is 7. The van der Waals surface area contributed by atoms with Crippen molar-refractivity contribution in [2.45, 2.75) is 18.9 Å². The SMILES string of the molecule is OC(CNCC1CCCOC1)COc1ccccc1. The lowest BCUT2D eigenvalue weighted by atomic mass is 10.0. The second-order valence-corrected chi connectivity index (χ2v) is 5.02. The number of nitrogens with one attached hydrogen (secondary N) is 1. The molecule has 2 N–H and O–H groups in total. The predicted molar refractivity (Wildman–Crippen MR) is 74.4 cm³/mol. The minimum Gasteiger partial charge on any atom is -0.491 e. The Balaban J connectivity index is 1.55. The van der Waals surface area contributed by atoms with Crippen molar-refractivity contribution in [2.75, 3.05) is 32.9 Å². The highest BCUT2D eigenvalue weighted by Gasteiger charge is 2.14. The molecule has 0 spiro atoms. The molecular formula is C15H23NO3. The Bertz CT molecular complexity index is 339. The van der Waals surface area contributed by atoms with Gasteiger partial charge in [-0.3, -0.25) is 0 Å². The van der Waals surface area contributed by atoms with Crippen molar-refractivity contribution in [3.8, 4) is 5.75 Å². The summed E-state index contributed by atoms with van der Waals surface area (Å²) in [5.74, 6) is 1.37. The minimum atomic E-state index is -0.482. The Morgan fingerprint density at radius 2 is 2.21 bits per heavy atom. The van der Waals surface area contributed by atoms with Gasteiger partial charge in [-0.25, -0.2) is 0 Å². The van der Waals surface area contributed by atoms with E-state index in [0.29, 0.717) is 19.1 Å². The summed E-state index contributed by atoms with van der Waals surface area (Å²) in [6.45, 7) is 3.51. The zero-order valence-corrected chi connectivity index (χ0v) is 11.3. The number of hydrogen-bond acceptors (Lipinski definition) is 4. The van der Waals surface area contributed by atoms with E-state index in [-0.39, 0.29) is 0 Å². The number of para-hydroxylation sites is 1. The molecule has 4 heteroatoms. The average molecular weight is 265 g/mol. The summed E-state index contributed by atoms with van der Waals surface area (Å²) in [6.07, 6.45) is 1.88. The van der Waals surface area contributed by atoms with E-state index in [9.17, 15) is 5.11 Å². The summed E-state index contributed by atoms with van der Waals surface area (Å²) < 4.78 is 10.9. The Labute approximate surface area is 114 Å². The maximum atomic E-state index is 9.82. The van der Waals surface area contributed by atoms with E-state index in [1.54, 1.807) is 0 Å². The molecule has 0 aliphatic carbocycles. The van der Waals surface area contributed by atoms with Gasteiger partial charge in [-0.2, -0.15) is 0 Å². The molecule has 1 saturated heterocycles. The van der Waals surface area contributed by atoms with Gasteiger partial charge in [0.05, 0.1) is 6.61 Å². The van der Waals surface area contributed by atoms with Gasteiger partial charge in [0.2, 0.25) is 0 Å². The number of hydrogen-bond donors (Lipinski definition) is 2. The van der Waals surface area contributed by atoms with E-state index in [1.165, 1.54) is 6.42 Å². The Kier molecular flexibility index (Phi) is 6.14. The lowest BCUT2D eigenvalue weighted by Crippen LogP contribution is -2.36. The van der Waals surface area contributed by atoms with Crippen LogP contribution in [0.1, 0.15) is 12.8 Å². The first-order chi connectivity index (χ1) is 9.34. The summed E-state index contributed by atoms with van der Waals surface area (Å²) in [5, 5.41) is 13.1. The van der Waals surface area contributed by atoms with E-state index in [0.717, 1.165) is 31.9 Å². The molecule has 2 atom stereocenters. The van der Waals surface area contributed by atoms with Crippen molar-refractivity contribution in [3.05, 3.63) is 30.3 Å². The molecule has 19 heavy (non-hydrogen) atoms. The van der Waals surface area contributed by atoms with E-state index in [2.05, 4.69) is 5.32 Å². The van der Waals surface area contributed by atoms with Crippen LogP contribution in [0.3, 0.4) is 0 Å². The van der Waals surface area contributed by atoms with Crippen molar-refractivity contribution in [1.82, 2.24) is 5.32 Å².